The number of rotatable bonds is 4. The predicted molar refractivity (Wildman–Crippen MR) is 226 cm³/mol. The molecule has 55 heavy (non-hydrogen) atoms. The van der Waals surface area contributed by atoms with Crippen LogP contribution in [0.5, 0.6) is 0 Å². The SMILES string of the molecule is c1ccc2cc(-c3nc(-c4cccc5oc6ccncc6c45)nc(-n4c5ccccc5c5cc(-c6ccc7c(c6)sc6ccccc67)ccc54)n3)ccc2c1. The number of pyridine rings is 1. The average molecular weight is 722 g/mol. The van der Waals surface area contributed by atoms with Crippen molar-refractivity contribution in [3.8, 4) is 39.9 Å². The zero-order valence-electron chi connectivity index (χ0n) is 29.1. The summed E-state index contributed by atoms with van der Waals surface area (Å²) in [4.78, 5) is 20.1. The first-order valence-electron chi connectivity index (χ1n) is 18.2. The van der Waals surface area contributed by atoms with E-state index in [9.17, 15) is 0 Å². The molecule has 7 heteroatoms. The molecule has 0 amide bonds. The summed E-state index contributed by atoms with van der Waals surface area (Å²) < 4.78 is 11.0. The Morgan fingerprint density at radius 2 is 1.24 bits per heavy atom. The number of benzene rings is 7. The number of aromatic nitrogens is 5. The van der Waals surface area contributed by atoms with Gasteiger partial charge in [0.15, 0.2) is 11.6 Å². The summed E-state index contributed by atoms with van der Waals surface area (Å²) >= 11 is 1.84. The molecule has 0 spiro atoms. The molecule has 0 N–H and O–H groups in total. The molecule has 6 nitrogen and oxygen atoms in total. The molecule has 12 aromatic rings. The zero-order chi connectivity index (χ0) is 36.0. The zero-order valence-corrected chi connectivity index (χ0v) is 30.0. The Balaban J connectivity index is 1.10. The molecule has 0 unspecified atom stereocenters. The molecule has 12 rings (SSSR count). The number of nitrogens with zero attached hydrogens (tertiary/aromatic N) is 5. The Kier molecular flexibility index (Phi) is 6.40. The van der Waals surface area contributed by atoms with Crippen LogP contribution in [0, 0.1) is 0 Å². The number of hydrogen-bond donors (Lipinski definition) is 0. The van der Waals surface area contributed by atoms with Crippen molar-refractivity contribution < 1.29 is 4.42 Å². The first-order chi connectivity index (χ1) is 27.2. The van der Waals surface area contributed by atoms with Crippen LogP contribution in [0.3, 0.4) is 0 Å². The van der Waals surface area contributed by atoms with Crippen LogP contribution in [0.2, 0.25) is 0 Å². The van der Waals surface area contributed by atoms with E-state index in [2.05, 4.69) is 143 Å². The van der Waals surface area contributed by atoms with Crippen molar-refractivity contribution >= 4 is 86.0 Å². The molecule has 5 heterocycles. The van der Waals surface area contributed by atoms with E-state index < -0.39 is 0 Å². The topological polar surface area (TPSA) is 69.6 Å². The number of para-hydroxylation sites is 1. The van der Waals surface area contributed by atoms with Gasteiger partial charge in [0.2, 0.25) is 5.95 Å². The Labute approximate surface area is 317 Å². The summed E-state index contributed by atoms with van der Waals surface area (Å²) in [6.45, 7) is 0. The molecule has 0 bridgehead atoms. The standard InChI is InChI=1S/C48H27N5OS/c1-2-9-29-24-32(17-16-28(29)8-1)46-50-47(36-12-7-14-42-45(36)38-27-49-23-22-41(38)54-42)52-48(51-46)53-39-13-5-3-10-33(39)37-25-30(19-21-40(37)53)31-18-20-35-34-11-4-6-15-43(34)55-44(35)26-31/h1-27H. The van der Waals surface area contributed by atoms with Gasteiger partial charge in [-0.1, -0.05) is 103 Å². The van der Waals surface area contributed by atoms with E-state index in [0.717, 1.165) is 71.2 Å². The van der Waals surface area contributed by atoms with E-state index in [0.29, 0.717) is 17.6 Å². The summed E-state index contributed by atoms with van der Waals surface area (Å²) in [7, 11) is 0. The van der Waals surface area contributed by atoms with E-state index in [1.165, 1.54) is 25.7 Å². The predicted octanol–water partition coefficient (Wildman–Crippen LogP) is 12.8. The molecular formula is C48H27N5OS. The van der Waals surface area contributed by atoms with Crippen molar-refractivity contribution in [1.82, 2.24) is 24.5 Å². The molecule has 0 saturated heterocycles. The fourth-order valence-electron chi connectivity index (χ4n) is 8.17. The maximum Gasteiger partial charge on any atom is 0.238 e. The first kappa shape index (κ1) is 30.3. The van der Waals surface area contributed by atoms with E-state index in [1.807, 2.05) is 35.7 Å². The van der Waals surface area contributed by atoms with E-state index >= 15 is 0 Å². The minimum Gasteiger partial charge on any atom is -0.456 e. The van der Waals surface area contributed by atoms with Gasteiger partial charge in [-0.15, -0.1) is 11.3 Å². The number of fused-ring (bicyclic) bond motifs is 10. The van der Waals surface area contributed by atoms with Crippen LogP contribution in [0.25, 0.3) is 115 Å². The minimum absolute atomic E-state index is 0.543. The fourth-order valence-corrected chi connectivity index (χ4v) is 9.32. The lowest BCUT2D eigenvalue weighted by molar-refractivity contribution is 0.668. The quantitative estimate of drug-likeness (QED) is 0.181. The van der Waals surface area contributed by atoms with Gasteiger partial charge in [-0.05, 0) is 70.4 Å². The fraction of sp³-hybridized carbons (Fsp3) is 0. The van der Waals surface area contributed by atoms with Crippen LogP contribution in [-0.4, -0.2) is 24.5 Å². The van der Waals surface area contributed by atoms with Crippen molar-refractivity contribution in [2.45, 2.75) is 0 Å². The van der Waals surface area contributed by atoms with Gasteiger partial charge in [0, 0.05) is 65.2 Å². The van der Waals surface area contributed by atoms with Crippen LogP contribution in [-0.2, 0) is 0 Å². The summed E-state index contributed by atoms with van der Waals surface area (Å²) in [5.74, 6) is 1.69. The van der Waals surface area contributed by atoms with Crippen molar-refractivity contribution in [2.75, 3.05) is 0 Å². The Morgan fingerprint density at radius 1 is 0.473 bits per heavy atom. The number of furan rings is 1. The maximum atomic E-state index is 6.27. The van der Waals surface area contributed by atoms with E-state index in [-0.39, 0.29) is 0 Å². The normalized spacial score (nSPS) is 12.0. The van der Waals surface area contributed by atoms with Crippen LogP contribution in [0.1, 0.15) is 0 Å². The third kappa shape index (κ3) is 4.67. The second-order valence-corrected chi connectivity index (χ2v) is 15.0. The molecule has 0 atom stereocenters. The second-order valence-electron chi connectivity index (χ2n) is 13.9. The first-order valence-corrected chi connectivity index (χ1v) is 19.0. The van der Waals surface area contributed by atoms with Gasteiger partial charge in [-0.2, -0.15) is 9.97 Å². The van der Waals surface area contributed by atoms with Gasteiger partial charge < -0.3 is 4.42 Å². The number of hydrogen-bond acceptors (Lipinski definition) is 6. The van der Waals surface area contributed by atoms with Gasteiger partial charge in [0.05, 0.1) is 11.0 Å². The highest BCUT2D eigenvalue weighted by atomic mass is 32.1. The monoisotopic (exact) mass is 721 g/mol. The van der Waals surface area contributed by atoms with Gasteiger partial charge in [0.1, 0.15) is 11.2 Å². The Morgan fingerprint density at radius 3 is 2.20 bits per heavy atom. The molecular weight excluding hydrogens is 695 g/mol. The van der Waals surface area contributed by atoms with Crippen molar-refractivity contribution in [2.24, 2.45) is 0 Å². The second kappa shape index (κ2) is 11.6. The average Bonchev–Trinajstić information content (AvgIpc) is 3.92. The molecule has 0 aliphatic carbocycles. The molecule has 0 aliphatic heterocycles. The highest BCUT2D eigenvalue weighted by molar-refractivity contribution is 7.25. The molecule has 0 saturated carbocycles. The van der Waals surface area contributed by atoms with Gasteiger partial charge in [0.25, 0.3) is 0 Å². The highest BCUT2D eigenvalue weighted by Crippen LogP contribution is 2.40. The molecule has 5 aromatic heterocycles. The molecule has 0 radical (unpaired) electrons. The van der Waals surface area contributed by atoms with E-state index in [4.69, 9.17) is 19.4 Å². The molecule has 0 fully saturated rings. The third-order valence-electron chi connectivity index (χ3n) is 10.8. The van der Waals surface area contributed by atoms with Crippen molar-refractivity contribution in [3.05, 3.63) is 164 Å². The van der Waals surface area contributed by atoms with Gasteiger partial charge >= 0.3 is 0 Å². The van der Waals surface area contributed by atoms with Gasteiger partial charge in [-0.25, -0.2) is 4.98 Å². The largest absolute Gasteiger partial charge is 0.456 e. The minimum atomic E-state index is 0.543. The highest BCUT2D eigenvalue weighted by Gasteiger charge is 2.21. The number of thiophene rings is 1. The lowest BCUT2D eigenvalue weighted by atomic mass is 10.0. The summed E-state index contributed by atoms with van der Waals surface area (Å²) in [6.07, 6.45) is 3.60. The van der Waals surface area contributed by atoms with Crippen molar-refractivity contribution in [1.29, 1.82) is 0 Å². The summed E-state index contributed by atoms with van der Waals surface area (Å²) in [5, 5.41) is 8.99. The van der Waals surface area contributed by atoms with Crippen LogP contribution < -0.4 is 0 Å². The Hall–Kier alpha value is -7.22. The van der Waals surface area contributed by atoms with Gasteiger partial charge in [-0.3, -0.25) is 9.55 Å². The molecule has 7 aromatic carbocycles. The summed E-state index contributed by atoms with van der Waals surface area (Å²) in [6, 6.07) is 53.3. The maximum absolute atomic E-state index is 6.27. The van der Waals surface area contributed by atoms with Crippen molar-refractivity contribution in [3.63, 3.8) is 0 Å². The van der Waals surface area contributed by atoms with Crippen LogP contribution >= 0.6 is 11.3 Å². The Bertz CT molecular complexity index is 3520. The lowest BCUT2D eigenvalue weighted by Crippen LogP contribution is -2.06. The molecule has 256 valence electrons. The van der Waals surface area contributed by atoms with Crippen LogP contribution in [0.4, 0.5) is 0 Å². The van der Waals surface area contributed by atoms with E-state index in [1.54, 1.807) is 6.20 Å². The molecule has 0 aliphatic rings. The lowest BCUT2D eigenvalue weighted by Gasteiger charge is -2.12. The third-order valence-corrected chi connectivity index (χ3v) is 11.9. The van der Waals surface area contributed by atoms with Crippen LogP contribution in [0.15, 0.2) is 168 Å². The smallest absolute Gasteiger partial charge is 0.238 e. The summed E-state index contributed by atoms with van der Waals surface area (Å²) in [5.41, 5.74) is 7.69.